The predicted octanol–water partition coefficient (Wildman–Crippen LogP) is 7.94. The normalized spacial score (nSPS) is 16.9. The number of aromatic hydroxyl groups is 1. The third kappa shape index (κ3) is 9.06. The summed E-state index contributed by atoms with van der Waals surface area (Å²) in [6, 6.07) is 17.1. The fourth-order valence-electron chi connectivity index (χ4n) is 7.73. The number of nitrogens with one attached hydrogen (secondary N) is 1. The van der Waals surface area contributed by atoms with E-state index < -0.39 is 23.1 Å². The number of aryl methyl sites for hydroxylation is 1. The van der Waals surface area contributed by atoms with E-state index in [1.807, 2.05) is 55.9 Å². The number of phenolic OH excluding ortho intramolecular Hbond substituents is 1. The molecule has 3 heterocycles. The number of halogens is 1. The van der Waals surface area contributed by atoms with Crippen LogP contribution in [-0.4, -0.2) is 69.8 Å². The number of Topliss-reactive ketones (excluding diaryl/α,β-unsaturated/α-hetero) is 1. The van der Waals surface area contributed by atoms with E-state index >= 15 is 0 Å². The van der Waals surface area contributed by atoms with E-state index in [1.54, 1.807) is 31.4 Å². The maximum absolute atomic E-state index is 13.8. The Labute approximate surface area is 339 Å². The molecule has 0 amide bonds. The molecule has 56 heavy (non-hydrogen) atoms. The van der Waals surface area contributed by atoms with Gasteiger partial charge in [-0.2, -0.15) is 0 Å². The van der Waals surface area contributed by atoms with Crippen molar-refractivity contribution in [1.82, 2.24) is 9.88 Å². The number of nitrogens with zero attached hydrogens (tertiary/aromatic N) is 1. The summed E-state index contributed by atoms with van der Waals surface area (Å²) in [4.78, 5) is 45.0. The van der Waals surface area contributed by atoms with Gasteiger partial charge < -0.3 is 34.7 Å². The smallest absolute Gasteiger partial charge is 0.349 e. The number of ether oxygens (including phenoxy) is 2. The van der Waals surface area contributed by atoms with Crippen LogP contribution in [0.1, 0.15) is 84.9 Å². The molecule has 1 aliphatic carbocycles. The van der Waals surface area contributed by atoms with Crippen LogP contribution >= 0.6 is 34.3 Å². The van der Waals surface area contributed by atoms with E-state index in [9.17, 15) is 29.7 Å². The molecule has 10 nitrogen and oxygen atoms in total. The lowest BCUT2D eigenvalue weighted by Gasteiger charge is -2.38. The summed E-state index contributed by atoms with van der Waals surface area (Å²) in [6.45, 7) is 4.45. The second-order valence-electron chi connectivity index (χ2n) is 15.3. The van der Waals surface area contributed by atoms with Crippen molar-refractivity contribution in [1.29, 1.82) is 0 Å². The number of carbonyl (C=O) groups excluding carboxylic acids is 2. The molecule has 298 valence electrons. The van der Waals surface area contributed by atoms with Gasteiger partial charge in [-0.25, -0.2) is 4.79 Å². The van der Waals surface area contributed by atoms with Crippen molar-refractivity contribution in [2.24, 2.45) is 5.41 Å². The monoisotopic (exact) mass is 820 g/mol. The first-order valence-corrected chi connectivity index (χ1v) is 21.0. The average Bonchev–Trinajstić information content (AvgIpc) is 3.92. The zero-order chi connectivity index (χ0) is 40.2. The Balaban J connectivity index is 1.01. The summed E-state index contributed by atoms with van der Waals surface area (Å²) in [5, 5.41) is 37.6. The first-order valence-electron chi connectivity index (χ1n) is 18.8. The van der Waals surface area contributed by atoms with Crippen molar-refractivity contribution in [3.8, 4) is 11.5 Å². The molecule has 1 fully saturated rings. The number of aromatic amines is 1. The van der Waals surface area contributed by atoms with Crippen LogP contribution in [0.3, 0.4) is 0 Å². The molecule has 3 aromatic heterocycles. The van der Waals surface area contributed by atoms with E-state index in [0.29, 0.717) is 81.2 Å². The number of ketones is 1. The van der Waals surface area contributed by atoms with Gasteiger partial charge in [-0.15, -0.1) is 22.7 Å². The van der Waals surface area contributed by atoms with Gasteiger partial charge in [0.05, 0.1) is 28.5 Å². The van der Waals surface area contributed by atoms with E-state index in [2.05, 4.69) is 9.88 Å². The third-order valence-electron chi connectivity index (χ3n) is 11.0. The molecule has 4 N–H and O–H groups in total. The number of benzene rings is 2. The van der Waals surface area contributed by atoms with Gasteiger partial charge in [-0.3, -0.25) is 9.59 Å². The van der Waals surface area contributed by atoms with Crippen LogP contribution in [0.25, 0.3) is 10.9 Å². The number of esters is 1. The molecular weight excluding hydrogens is 772 g/mol. The van der Waals surface area contributed by atoms with Gasteiger partial charge in [-0.05, 0) is 116 Å². The summed E-state index contributed by atoms with van der Waals surface area (Å²) in [5.74, 6) is -0.0307. The van der Waals surface area contributed by atoms with Crippen molar-refractivity contribution >= 4 is 56.9 Å². The summed E-state index contributed by atoms with van der Waals surface area (Å²) in [6.07, 6.45) is 3.53. The number of aliphatic hydroxyl groups excluding tert-OH is 1. The lowest BCUT2D eigenvalue weighted by Crippen LogP contribution is -2.45. The van der Waals surface area contributed by atoms with Gasteiger partial charge in [0.1, 0.15) is 23.4 Å². The molecule has 5 aromatic rings. The van der Waals surface area contributed by atoms with Gasteiger partial charge in [0.2, 0.25) is 11.2 Å². The molecule has 13 heteroatoms. The predicted molar refractivity (Wildman–Crippen MR) is 221 cm³/mol. The first-order chi connectivity index (χ1) is 26.7. The van der Waals surface area contributed by atoms with Gasteiger partial charge in [-0.1, -0.05) is 43.6 Å². The van der Waals surface area contributed by atoms with Crippen LogP contribution in [0.5, 0.6) is 11.5 Å². The fourth-order valence-corrected chi connectivity index (χ4v) is 9.70. The van der Waals surface area contributed by atoms with Crippen LogP contribution in [-0.2, 0) is 32.8 Å². The molecule has 0 radical (unpaired) electrons. The van der Waals surface area contributed by atoms with Crippen molar-refractivity contribution in [2.75, 3.05) is 20.7 Å². The Morgan fingerprint density at radius 2 is 1.68 bits per heavy atom. The number of fused-ring (bicyclic) bond motifs is 1. The first kappa shape index (κ1) is 41.6. The highest BCUT2D eigenvalue weighted by atomic mass is 35.5. The number of hydrogen-bond acceptors (Lipinski definition) is 11. The topological polar surface area (TPSA) is 149 Å². The maximum atomic E-state index is 13.8. The molecular formula is C43H49ClN2O8S2. The van der Waals surface area contributed by atoms with Gasteiger partial charge in [0.15, 0.2) is 0 Å². The van der Waals surface area contributed by atoms with Crippen molar-refractivity contribution in [3.05, 3.63) is 113 Å². The number of rotatable bonds is 16. The third-order valence-corrected chi connectivity index (χ3v) is 13.3. The number of aromatic nitrogens is 1. The quantitative estimate of drug-likeness (QED) is 0.0729. The lowest BCUT2D eigenvalue weighted by molar-refractivity contribution is -0.169. The van der Waals surface area contributed by atoms with Crippen LogP contribution in [0.2, 0.25) is 5.02 Å². The number of methoxy groups -OCH3 is 1. The number of carbonyl (C=O) groups is 2. The summed E-state index contributed by atoms with van der Waals surface area (Å²) >= 11 is 9.43. The molecule has 1 aliphatic rings. The minimum absolute atomic E-state index is 0.0516. The summed E-state index contributed by atoms with van der Waals surface area (Å²) in [7, 11) is 3.61. The standard InChI is InChI=1S/C43H49ClN2O8S2/c1-42(2,25-46(3)28-12-14-29(15-13-28)54-41(51)43(52,37-10-6-20-55-37)38-11-7-21-56-38)36(49)24-27-23-35(53-4)26(22-32(27)44)8-5-9-33(47)30-16-18-34(48)40-31(30)17-19-39(50)45-40/h6-7,10-11,16-23,28-29,33,47-48,52H,5,8-9,12-15,24-25H2,1-4H3,(H,45,50)/t28?,29?,33-/m0/s1. The average molecular weight is 821 g/mol. The number of H-pyrrole nitrogens is 1. The molecule has 2 aromatic carbocycles. The Bertz CT molecular complexity index is 2160. The SMILES string of the molecule is COc1cc(CC(=O)C(C)(C)CN(C)C2CCC(OC(=O)C(O)(c3cccs3)c3cccs3)CC2)c(Cl)cc1CCC[C@H](O)c1ccc(O)c2[nH]c(=O)ccc12. The van der Waals surface area contributed by atoms with E-state index in [0.717, 1.165) is 18.4 Å². The minimum Gasteiger partial charge on any atom is -0.506 e. The van der Waals surface area contributed by atoms with Crippen molar-refractivity contribution in [2.45, 2.75) is 89.1 Å². The lowest BCUT2D eigenvalue weighted by atomic mass is 9.82. The molecule has 0 aliphatic heterocycles. The number of hydrogen-bond donors (Lipinski definition) is 4. The van der Waals surface area contributed by atoms with Crippen LogP contribution in [0, 0.1) is 5.41 Å². The van der Waals surface area contributed by atoms with Gasteiger partial charge >= 0.3 is 5.97 Å². The minimum atomic E-state index is -1.83. The molecule has 1 atom stereocenters. The Hall–Kier alpha value is -4.04. The molecule has 0 spiro atoms. The number of aliphatic hydroxyl groups is 2. The fraction of sp³-hybridized carbons (Fsp3) is 0.419. The van der Waals surface area contributed by atoms with Gasteiger partial charge in [0, 0.05) is 40.9 Å². The Kier molecular flexibility index (Phi) is 13.1. The number of phenols is 1. The van der Waals surface area contributed by atoms with Crippen LogP contribution < -0.4 is 10.3 Å². The van der Waals surface area contributed by atoms with E-state index in [1.165, 1.54) is 34.8 Å². The summed E-state index contributed by atoms with van der Waals surface area (Å²) in [5.41, 5.74) is -0.380. The van der Waals surface area contributed by atoms with Crippen molar-refractivity contribution < 1.29 is 34.4 Å². The highest BCUT2D eigenvalue weighted by Crippen LogP contribution is 2.39. The Morgan fingerprint density at radius 3 is 2.30 bits per heavy atom. The number of pyridine rings is 1. The zero-order valence-corrected chi connectivity index (χ0v) is 34.4. The maximum Gasteiger partial charge on any atom is 0.349 e. The second-order valence-corrected chi connectivity index (χ2v) is 17.7. The van der Waals surface area contributed by atoms with E-state index in [-0.39, 0.29) is 35.7 Å². The summed E-state index contributed by atoms with van der Waals surface area (Å²) < 4.78 is 11.7. The zero-order valence-electron chi connectivity index (χ0n) is 32.0. The Morgan fingerprint density at radius 1 is 1.00 bits per heavy atom. The molecule has 0 unspecified atom stereocenters. The number of thiophene rings is 2. The van der Waals surface area contributed by atoms with Crippen LogP contribution in [0.4, 0.5) is 0 Å². The second kappa shape index (κ2) is 17.6. The molecule has 0 saturated heterocycles. The highest BCUT2D eigenvalue weighted by Gasteiger charge is 2.45. The van der Waals surface area contributed by atoms with E-state index in [4.69, 9.17) is 21.1 Å². The largest absolute Gasteiger partial charge is 0.506 e. The van der Waals surface area contributed by atoms with Gasteiger partial charge in [0.25, 0.3) is 0 Å². The van der Waals surface area contributed by atoms with Crippen LogP contribution in [0.15, 0.2) is 76.2 Å². The van der Waals surface area contributed by atoms with Crippen molar-refractivity contribution in [3.63, 3.8) is 0 Å². The molecule has 1 saturated carbocycles. The highest BCUT2D eigenvalue weighted by molar-refractivity contribution is 7.12. The molecule has 6 rings (SSSR count). The molecule has 0 bridgehead atoms.